The molecule has 0 unspecified atom stereocenters. The fourth-order valence-electron chi connectivity index (χ4n) is 2.18. The molecule has 0 radical (unpaired) electrons. The van der Waals surface area contributed by atoms with Crippen LogP contribution in [0.1, 0.15) is 11.3 Å². The molecular weight excluding hydrogens is 293 g/mol. The summed E-state index contributed by atoms with van der Waals surface area (Å²) in [4.78, 5) is 10.3. The maximum absolute atomic E-state index is 13.5. The molecule has 2 aromatic heterocycles. The summed E-state index contributed by atoms with van der Waals surface area (Å²) in [5.41, 5.74) is 1.67. The molecule has 0 bridgehead atoms. The molecule has 2 heterocycles. The van der Waals surface area contributed by atoms with E-state index >= 15 is 0 Å². The molecule has 3 aromatic rings. The molecule has 0 aliphatic heterocycles. The SMILES string of the molecule is Cc1cc(N(C)Cc2ccc(Cl)c(F)c2)n2ncnc2n1. The highest BCUT2D eigenvalue weighted by molar-refractivity contribution is 6.30. The zero-order valence-electron chi connectivity index (χ0n) is 11.6. The van der Waals surface area contributed by atoms with Crippen LogP contribution >= 0.6 is 11.6 Å². The molecule has 7 heteroatoms. The smallest absolute Gasteiger partial charge is 0.254 e. The predicted octanol–water partition coefficient (Wildman–Crippen LogP) is 2.86. The van der Waals surface area contributed by atoms with Gasteiger partial charge in [0.25, 0.3) is 5.78 Å². The van der Waals surface area contributed by atoms with Crippen molar-refractivity contribution in [2.75, 3.05) is 11.9 Å². The number of halogens is 2. The standard InChI is InChI=1S/C14H13ClFN5/c1-9-5-13(21-14(19-9)17-8-18-21)20(2)7-10-3-4-11(15)12(16)6-10/h3-6,8H,7H2,1-2H3. The quantitative estimate of drug-likeness (QED) is 0.746. The van der Waals surface area contributed by atoms with Gasteiger partial charge in [-0.3, -0.25) is 0 Å². The van der Waals surface area contributed by atoms with Crippen molar-refractivity contribution in [3.63, 3.8) is 0 Å². The van der Waals surface area contributed by atoms with E-state index in [9.17, 15) is 4.39 Å². The summed E-state index contributed by atoms with van der Waals surface area (Å²) in [6.07, 6.45) is 1.46. The van der Waals surface area contributed by atoms with E-state index in [-0.39, 0.29) is 5.02 Å². The fraction of sp³-hybridized carbons (Fsp3) is 0.214. The third kappa shape index (κ3) is 2.67. The zero-order chi connectivity index (χ0) is 15.0. The summed E-state index contributed by atoms with van der Waals surface area (Å²) in [5.74, 6) is 0.962. The van der Waals surface area contributed by atoms with Crippen molar-refractivity contribution in [3.8, 4) is 0 Å². The highest BCUT2D eigenvalue weighted by atomic mass is 35.5. The molecule has 0 amide bonds. The molecule has 0 atom stereocenters. The van der Waals surface area contributed by atoms with E-state index in [1.807, 2.05) is 24.9 Å². The first kappa shape index (κ1) is 13.8. The molecule has 5 nitrogen and oxygen atoms in total. The summed E-state index contributed by atoms with van der Waals surface area (Å²) in [6, 6.07) is 6.71. The Hall–Kier alpha value is -2.21. The lowest BCUT2D eigenvalue weighted by Crippen LogP contribution is -2.20. The van der Waals surface area contributed by atoms with Crippen LogP contribution in [0.15, 0.2) is 30.6 Å². The normalized spacial score (nSPS) is 11.0. The second kappa shape index (κ2) is 5.29. The Morgan fingerprint density at radius 1 is 1.33 bits per heavy atom. The third-order valence-corrected chi connectivity index (χ3v) is 3.46. The van der Waals surface area contributed by atoms with Gasteiger partial charge in [-0.05, 0) is 24.6 Å². The topological polar surface area (TPSA) is 46.3 Å². The molecule has 0 spiro atoms. The van der Waals surface area contributed by atoms with Crippen LogP contribution in [0.2, 0.25) is 5.02 Å². The zero-order valence-corrected chi connectivity index (χ0v) is 12.3. The Balaban J connectivity index is 1.94. The van der Waals surface area contributed by atoms with Gasteiger partial charge in [0.05, 0.1) is 5.02 Å². The van der Waals surface area contributed by atoms with Crippen LogP contribution in [0, 0.1) is 12.7 Å². The summed E-state index contributed by atoms with van der Waals surface area (Å²) in [5, 5.41) is 4.29. The summed E-state index contributed by atoms with van der Waals surface area (Å²) in [7, 11) is 1.91. The molecule has 0 aliphatic carbocycles. The number of aromatic nitrogens is 4. The van der Waals surface area contributed by atoms with Crippen LogP contribution < -0.4 is 4.90 Å². The predicted molar refractivity (Wildman–Crippen MR) is 79.0 cm³/mol. The Morgan fingerprint density at radius 3 is 2.90 bits per heavy atom. The molecule has 3 rings (SSSR count). The third-order valence-electron chi connectivity index (χ3n) is 3.16. The van der Waals surface area contributed by atoms with E-state index in [2.05, 4.69) is 15.1 Å². The Morgan fingerprint density at radius 2 is 2.14 bits per heavy atom. The van der Waals surface area contributed by atoms with Gasteiger partial charge in [0, 0.05) is 25.4 Å². The van der Waals surface area contributed by atoms with Crippen molar-refractivity contribution in [2.45, 2.75) is 13.5 Å². The summed E-state index contributed by atoms with van der Waals surface area (Å²) < 4.78 is 15.2. The number of hydrogen-bond donors (Lipinski definition) is 0. The minimum Gasteiger partial charge on any atom is -0.355 e. The van der Waals surface area contributed by atoms with Crippen molar-refractivity contribution < 1.29 is 4.39 Å². The van der Waals surface area contributed by atoms with Gasteiger partial charge in [-0.2, -0.15) is 14.6 Å². The van der Waals surface area contributed by atoms with Gasteiger partial charge in [-0.25, -0.2) is 9.37 Å². The van der Waals surface area contributed by atoms with E-state index in [4.69, 9.17) is 11.6 Å². The first-order valence-corrected chi connectivity index (χ1v) is 6.75. The van der Waals surface area contributed by atoms with Crippen LogP contribution in [-0.2, 0) is 6.54 Å². The Bertz CT molecular complexity index is 801. The first-order chi connectivity index (χ1) is 10.0. The average Bonchev–Trinajstić information content (AvgIpc) is 2.90. The van der Waals surface area contributed by atoms with E-state index in [0.29, 0.717) is 12.3 Å². The van der Waals surface area contributed by atoms with E-state index in [1.54, 1.807) is 16.6 Å². The van der Waals surface area contributed by atoms with Crippen molar-refractivity contribution >= 4 is 23.2 Å². The van der Waals surface area contributed by atoms with Gasteiger partial charge in [0.1, 0.15) is 18.0 Å². The molecule has 0 aliphatic rings. The largest absolute Gasteiger partial charge is 0.355 e. The highest BCUT2D eigenvalue weighted by Gasteiger charge is 2.11. The second-order valence-corrected chi connectivity index (χ2v) is 5.24. The van der Waals surface area contributed by atoms with Gasteiger partial charge < -0.3 is 4.90 Å². The fourth-order valence-corrected chi connectivity index (χ4v) is 2.29. The van der Waals surface area contributed by atoms with Crippen LogP contribution in [0.5, 0.6) is 0 Å². The minimum absolute atomic E-state index is 0.125. The van der Waals surface area contributed by atoms with Crippen molar-refractivity contribution in [1.29, 1.82) is 0 Å². The van der Waals surface area contributed by atoms with Crippen molar-refractivity contribution in [3.05, 3.63) is 52.7 Å². The molecule has 108 valence electrons. The van der Waals surface area contributed by atoms with E-state index in [0.717, 1.165) is 17.1 Å². The summed E-state index contributed by atoms with van der Waals surface area (Å²) >= 11 is 5.70. The lowest BCUT2D eigenvalue weighted by molar-refractivity contribution is 0.625. The van der Waals surface area contributed by atoms with Gasteiger partial charge in [0.15, 0.2) is 0 Å². The van der Waals surface area contributed by atoms with Crippen LogP contribution in [-0.4, -0.2) is 26.6 Å². The molecule has 1 aromatic carbocycles. The number of anilines is 1. The van der Waals surface area contributed by atoms with Gasteiger partial charge in [-0.1, -0.05) is 17.7 Å². The average molecular weight is 306 g/mol. The molecule has 0 saturated heterocycles. The molecular formula is C14H13ClFN5. The maximum Gasteiger partial charge on any atom is 0.254 e. The Kier molecular flexibility index (Phi) is 3.47. The number of nitrogens with zero attached hydrogens (tertiary/aromatic N) is 5. The lowest BCUT2D eigenvalue weighted by atomic mass is 10.2. The van der Waals surface area contributed by atoms with Crippen LogP contribution in [0.4, 0.5) is 10.2 Å². The van der Waals surface area contributed by atoms with Gasteiger partial charge in [0.2, 0.25) is 0 Å². The van der Waals surface area contributed by atoms with Crippen LogP contribution in [0.3, 0.4) is 0 Å². The number of rotatable bonds is 3. The van der Waals surface area contributed by atoms with Crippen molar-refractivity contribution in [2.24, 2.45) is 0 Å². The van der Waals surface area contributed by atoms with E-state index < -0.39 is 5.82 Å². The van der Waals surface area contributed by atoms with Crippen LogP contribution in [0.25, 0.3) is 5.78 Å². The Labute approximate surface area is 126 Å². The number of hydrogen-bond acceptors (Lipinski definition) is 4. The number of aryl methyl sites for hydroxylation is 1. The molecule has 0 saturated carbocycles. The number of benzene rings is 1. The molecule has 0 N–H and O–H groups in total. The summed E-state index contributed by atoms with van der Waals surface area (Å²) in [6.45, 7) is 2.42. The first-order valence-electron chi connectivity index (χ1n) is 6.37. The molecule has 0 fully saturated rings. The van der Waals surface area contributed by atoms with Gasteiger partial charge >= 0.3 is 0 Å². The monoisotopic (exact) mass is 305 g/mol. The highest BCUT2D eigenvalue weighted by Crippen LogP contribution is 2.20. The molecule has 21 heavy (non-hydrogen) atoms. The second-order valence-electron chi connectivity index (χ2n) is 4.83. The minimum atomic E-state index is -0.417. The maximum atomic E-state index is 13.5. The number of fused-ring (bicyclic) bond motifs is 1. The lowest BCUT2D eigenvalue weighted by Gasteiger charge is -2.20. The van der Waals surface area contributed by atoms with Crippen molar-refractivity contribution in [1.82, 2.24) is 19.6 Å². The van der Waals surface area contributed by atoms with E-state index in [1.165, 1.54) is 12.4 Å². The van der Waals surface area contributed by atoms with Gasteiger partial charge in [-0.15, -0.1) is 0 Å².